The predicted octanol–water partition coefficient (Wildman–Crippen LogP) is 4.31. The number of imide groups is 1. The number of ether oxygens (including phenoxy) is 2. The number of carboxylic acids is 1. The number of urea groups is 1. The number of likely N-dealkylation sites (tertiary alicyclic amines) is 1. The fourth-order valence-electron chi connectivity index (χ4n) is 4.81. The van der Waals surface area contributed by atoms with Gasteiger partial charge in [0, 0.05) is 56.9 Å². The van der Waals surface area contributed by atoms with Crippen LogP contribution in [0.15, 0.2) is 4.99 Å². The number of carbonyl (C=O) groups is 5. The van der Waals surface area contributed by atoms with Gasteiger partial charge in [-0.05, 0) is 75.2 Å². The maximum Gasteiger partial charge on any atom is 0.410 e. The number of methoxy groups -OCH3 is 1. The molecule has 6 N–H and O–H groups in total. The quantitative estimate of drug-likeness (QED) is 0.0807. The molecule has 1 aliphatic heterocycles. The summed E-state index contributed by atoms with van der Waals surface area (Å²) in [5.41, 5.74) is 10.1. The number of hydrogen-bond donors (Lipinski definition) is 4. The first kappa shape index (κ1) is 49.3. The van der Waals surface area contributed by atoms with Crippen molar-refractivity contribution < 1.29 is 38.6 Å². The van der Waals surface area contributed by atoms with Gasteiger partial charge in [-0.25, -0.2) is 24.1 Å². The molecule has 298 valence electrons. The molecule has 16 nitrogen and oxygen atoms in total. The van der Waals surface area contributed by atoms with E-state index in [1.165, 1.54) is 23.3 Å². The molecule has 16 heteroatoms. The summed E-state index contributed by atoms with van der Waals surface area (Å²) in [4.78, 5) is 70.5. The van der Waals surface area contributed by atoms with Gasteiger partial charge in [-0.3, -0.25) is 9.79 Å². The van der Waals surface area contributed by atoms with Gasteiger partial charge in [-0.2, -0.15) is 0 Å². The van der Waals surface area contributed by atoms with E-state index in [-0.39, 0.29) is 56.2 Å². The molecule has 0 saturated carbocycles. The molecular formula is C35H70N8O8. The molecule has 0 spiro atoms. The van der Waals surface area contributed by atoms with Gasteiger partial charge in [-0.15, -0.1) is 0 Å². The Kier molecular flexibility index (Phi) is 23.6. The van der Waals surface area contributed by atoms with Crippen molar-refractivity contribution in [2.45, 2.75) is 145 Å². The highest BCUT2D eigenvalue weighted by molar-refractivity contribution is 6.07. The van der Waals surface area contributed by atoms with Crippen LogP contribution in [0.3, 0.4) is 0 Å². The number of nitrogens with two attached hydrogens (primary N) is 2. The average Bonchev–Trinajstić information content (AvgIpc) is 2.98. The molecule has 51 heavy (non-hydrogen) atoms. The van der Waals surface area contributed by atoms with Crippen LogP contribution < -0.4 is 16.8 Å². The van der Waals surface area contributed by atoms with Crippen molar-refractivity contribution in [1.82, 2.24) is 24.9 Å². The van der Waals surface area contributed by atoms with Crippen LogP contribution in [-0.4, -0.2) is 136 Å². The summed E-state index contributed by atoms with van der Waals surface area (Å²) in [7, 11) is 1.27. The van der Waals surface area contributed by atoms with Crippen LogP contribution in [0.1, 0.15) is 109 Å². The van der Waals surface area contributed by atoms with E-state index in [9.17, 15) is 29.1 Å². The van der Waals surface area contributed by atoms with Crippen LogP contribution in [0.5, 0.6) is 0 Å². The number of nitrogens with zero attached hydrogens (tertiary/aromatic N) is 5. The lowest BCUT2D eigenvalue weighted by atomic mass is 9.83. The van der Waals surface area contributed by atoms with E-state index in [1.54, 1.807) is 18.7 Å². The molecule has 1 unspecified atom stereocenters. The van der Waals surface area contributed by atoms with E-state index < -0.39 is 41.6 Å². The molecule has 0 aromatic heterocycles. The zero-order chi connectivity index (χ0) is 40.2. The third-order valence-electron chi connectivity index (χ3n) is 7.28. The van der Waals surface area contributed by atoms with E-state index in [0.717, 1.165) is 11.4 Å². The van der Waals surface area contributed by atoms with Crippen molar-refractivity contribution in [3.8, 4) is 0 Å². The Morgan fingerprint density at radius 3 is 1.75 bits per heavy atom. The van der Waals surface area contributed by atoms with Gasteiger partial charge in [0.2, 0.25) is 5.91 Å². The van der Waals surface area contributed by atoms with Gasteiger partial charge in [0.1, 0.15) is 5.60 Å². The number of aliphatic imine (C=N–C) groups is 1. The number of carbonyl (C=O) groups excluding carboxylic acids is 4. The molecule has 1 saturated heterocycles. The number of β-lactam (4-membered cyclic amide) rings is 1. The van der Waals surface area contributed by atoms with Crippen molar-refractivity contribution >= 4 is 36.1 Å². The molecule has 0 radical (unpaired) electrons. The Hall–Kier alpha value is -3.82. The first-order valence-electron chi connectivity index (χ1n) is 18.0. The second-order valence-corrected chi connectivity index (χ2v) is 14.5. The van der Waals surface area contributed by atoms with Crippen LogP contribution in [0.25, 0.3) is 0 Å². The molecule has 2 atom stereocenters. The number of aliphatic carboxylic acids is 1. The number of guanidine groups is 1. The highest BCUT2D eigenvalue weighted by atomic mass is 16.6. The monoisotopic (exact) mass is 731 g/mol. The topological polar surface area (TPSA) is 213 Å². The summed E-state index contributed by atoms with van der Waals surface area (Å²) >= 11 is 0. The standard InChI is InChI=1S/C19H34N6O6.C13H28N2O2.C3H8/c1-11(2)23(9-10-24(12(3)4)19(30)31-5)18(29)25-14(16(27)28)13(15(25)26)7-6-8-22-17(20)21;1-10(2)14-8-9-15(11(3)4)12(16)17-13(5,6)7;1-3-2/h11-14H,6-10H2,1-5H3,(H,27,28)(H4,20,21,22);10-11,14H,8-9H2,1-7H3;3H2,1-2H3/t13-,14?;;/m1../s1. The molecule has 1 heterocycles. The fraction of sp³-hybridized carbons (Fsp3) is 0.829. The summed E-state index contributed by atoms with van der Waals surface area (Å²) < 4.78 is 10.1. The third kappa shape index (κ3) is 18.8. The summed E-state index contributed by atoms with van der Waals surface area (Å²) in [6.45, 7) is 27.2. The number of amides is 5. The maximum absolute atomic E-state index is 13.1. The summed E-state index contributed by atoms with van der Waals surface area (Å²) in [6, 6.07) is -1.84. The molecule has 0 aromatic carbocycles. The van der Waals surface area contributed by atoms with E-state index in [4.69, 9.17) is 20.9 Å². The fourth-order valence-corrected chi connectivity index (χ4v) is 4.81. The largest absolute Gasteiger partial charge is 0.480 e. The maximum atomic E-state index is 13.1. The molecule has 5 amide bonds. The van der Waals surface area contributed by atoms with Gasteiger partial charge < -0.3 is 46.1 Å². The normalized spacial score (nSPS) is 15.3. The lowest BCUT2D eigenvalue weighted by Crippen LogP contribution is -2.69. The van der Waals surface area contributed by atoms with Crippen molar-refractivity contribution in [2.24, 2.45) is 22.4 Å². The van der Waals surface area contributed by atoms with Gasteiger partial charge in [0.05, 0.1) is 13.0 Å². The number of hydrogen-bond acceptors (Lipinski definition) is 9. The second kappa shape index (κ2) is 24.4. The number of carboxylic acid groups (broad SMARTS) is 1. The Morgan fingerprint density at radius 2 is 1.35 bits per heavy atom. The van der Waals surface area contributed by atoms with Crippen LogP contribution in [-0.2, 0) is 19.1 Å². The van der Waals surface area contributed by atoms with Gasteiger partial charge in [-0.1, -0.05) is 34.1 Å². The summed E-state index contributed by atoms with van der Waals surface area (Å²) in [5.74, 6) is -2.68. The summed E-state index contributed by atoms with van der Waals surface area (Å²) in [6.07, 6.45) is 1.14. The zero-order valence-electron chi connectivity index (χ0n) is 33.8. The van der Waals surface area contributed by atoms with Crippen LogP contribution >= 0.6 is 0 Å². The average molecular weight is 731 g/mol. The molecular weight excluding hydrogens is 660 g/mol. The van der Waals surface area contributed by atoms with Crippen LogP contribution in [0.4, 0.5) is 14.4 Å². The Labute approximate surface area is 306 Å². The SMILES string of the molecule is CC(C)NCCN(C(=O)OC(C)(C)C)C(C)C.CCC.COC(=O)N(CCN(C(=O)N1C(=O)[C@H](CCCN=C(N)N)C1C(=O)O)C(C)C)C(C)C. The van der Waals surface area contributed by atoms with Gasteiger partial charge in [0.15, 0.2) is 12.0 Å². The molecule has 0 aliphatic carbocycles. The lowest BCUT2D eigenvalue weighted by molar-refractivity contribution is -0.167. The smallest absolute Gasteiger partial charge is 0.410 e. The van der Waals surface area contributed by atoms with Crippen LogP contribution in [0.2, 0.25) is 0 Å². The highest BCUT2D eigenvalue weighted by Crippen LogP contribution is 2.32. The first-order chi connectivity index (χ1) is 23.5. The number of nitrogens with one attached hydrogen (secondary N) is 1. The molecule has 0 bridgehead atoms. The van der Waals surface area contributed by atoms with Gasteiger partial charge in [0.25, 0.3) is 0 Å². The minimum atomic E-state index is -1.25. The Balaban J connectivity index is 0. The minimum absolute atomic E-state index is 0.0819. The zero-order valence-corrected chi connectivity index (χ0v) is 33.8. The Bertz CT molecular complexity index is 1100. The lowest BCUT2D eigenvalue weighted by Gasteiger charge is -2.46. The van der Waals surface area contributed by atoms with Crippen LogP contribution in [0, 0.1) is 5.92 Å². The van der Waals surface area contributed by atoms with E-state index in [2.05, 4.69) is 38.0 Å². The second-order valence-electron chi connectivity index (χ2n) is 14.5. The first-order valence-corrected chi connectivity index (χ1v) is 18.0. The van der Waals surface area contributed by atoms with Crippen molar-refractivity contribution in [3.05, 3.63) is 0 Å². The van der Waals surface area contributed by atoms with Crippen molar-refractivity contribution in [3.63, 3.8) is 0 Å². The number of rotatable bonds is 15. The van der Waals surface area contributed by atoms with E-state index in [0.29, 0.717) is 19.0 Å². The molecule has 1 aliphatic rings. The van der Waals surface area contributed by atoms with Crippen molar-refractivity contribution in [2.75, 3.05) is 39.8 Å². The van der Waals surface area contributed by atoms with E-state index >= 15 is 0 Å². The van der Waals surface area contributed by atoms with Crippen molar-refractivity contribution in [1.29, 1.82) is 0 Å². The highest BCUT2D eigenvalue weighted by Gasteiger charge is 2.55. The van der Waals surface area contributed by atoms with Gasteiger partial charge >= 0.3 is 24.2 Å². The minimum Gasteiger partial charge on any atom is -0.480 e. The van der Waals surface area contributed by atoms with E-state index in [1.807, 2.05) is 48.5 Å². The predicted molar refractivity (Wildman–Crippen MR) is 200 cm³/mol. The molecule has 1 rings (SSSR count). The summed E-state index contributed by atoms with van der Waals surface area (Å²) in [5, 5.41) is 12.9. The molecule has 0 aromatic rings. The third-order valence-corrected chi connectivity index (χ3v) is 7.28. The molecule has 1 fully saturated rings. The Morgan fingerprint density at radius 1 is 0.882 bits per heavy atom.